The van der Waals surface area contributed by atoms with Crippen molar-refractivity contribution in [3.63, 3.8) is 0 Å². The summed E-state index contributed by atoms with van der Waals surface area (Å²) in [6.45, 7) is 0. The lowest BCUT2D eigenvalue weighted by Crippen LogP contribution is -2.18. The normalized spacial score (nSPS) is 18.5. The van der Waals surface area contributed by atoms with Crippen LogP contribution in [0, 0.1) is 5.82 Å². The van der Waals surface area contributed by atoms with E-state index in [-0.39, 0.29) is 5.82 Å². The molecule has 1 nitrogen and oxygen atoms in total. The molecule has 0 aliphatic heterocycles. The molecule has 19 heavy (non-hydrogen) atoms. The van der Waals surface area contributed by atoms with Gasteiger partial charge in [-0.2, -0.15) is 11.8 Å². The summed E-state index contributed by atoms with van der Waals surface area (Å²) in [5.74, 6) is 0.337. The first-order valence-corrected chi connectivity index (χ1v) is 8.32. The molecular formula is C15H20ClFOS. The van der Waals surface area contributed by atoms with Crippen LogP contribution in [0.3, 0.4) is 0 Å². The molecule has 1 aliphatic rings. The highest BCUT2D eigenvalue weighted by Gasteiger charge is 2.17. The second-order valence-corrected chi connectivity index (χ2v) is 6.89. The molecule has 1 aromatic carbocycles. The van der Waals surface area contributed by atoms with E-state index in [1.165, 1.54) is 38.2 Å². The van der Waals surface area contributed by atoms with E-state index in [1.54, 1.807) is 12.1 Å². The van der Waals surface area contributed by atoms with Crippen LogP contribution in [0.15, 0.2) is 18.2 Å². The lowest BCUT2D eigenvalue weighted by Gasteiger charge is -2.22. The van der Waals surface area contributed by atoms with E-state index in [0.717, 1.165) is 0 Å². The molecule has 0 amide bonds. The van der Waals surface area contributed by atoms with Gasteiger partial charge in [-0.15, -0.1) is 0 Å². The van der Waals surface area contributed by atoms with Crippen molar-refractivity contribution in [2.75, 3.05) is 5.75 Å². The molecule has 0 heterocycles. The molecule has 0 radical (unpaired) electrons. The molecule has 1 atom stereocenters. The average Bonchev–Trinajstić information content (AvgIpc) is 2.42. The largest absolute Gasteiger partial charge is 0.392 e. The van der Waals surface area contributed by atoms with Crippen molar-refractivity contribution in [3.8, 4) is 0 Å². The molecule has 106 valence electrons. The standard InChI is InChI=1S/C15H20ClFOS/c16-14-7-4-8-15(17)13(14)9-11(18)10-19-12-5-2-1-3-6-12/h4,7-8,11-12,18H,1-3,5-6,9-10H2. The van der Waals surface area contributed by atoms with Gasteiger partial charge in [0.05, 0.1) is 6.10 Å². The van der Waals surface area contributed by atoms with Crippen LogP contribution in [0.4, 0.5) is 4.39 Å². The third-order valence-corrected chi connectivity index (χ3v) is 5.45. The Morgan fingerprint density at radius 2 is 2.05 bits per heavy atom. The molecule has 0 bridgehead atoms. The highest BCUT2D eigenvalue weighted by atomic mass is 35.5. The molecule has 0 saturated heterocycles. The van der Waals surface area contributed by atoms with Gasteiger partial charge in [0.2, 0.25) is 0 Å². The SMILES string of the molecule is OC(CSC1CCCCC1)Cc1c(F)cccc1Cl. The fraction of sp³-hybridized carbons (Fsp3) is 0.600. The van der Waals surface area contributed by atoms with E-state index in [0.29, 0.717) is 28.0 Å². The smallest absolute Gasteiger partial charge is 0.127 e. The first kappa shape index (κ1) is 15.1. The minimum absolute atomic E-state index is 0.297. The van der Waals surface area contributed by atoms with E-state index in [2.05, 4.69) is 0 Å². The van der Waals surface area contributed by atoms with Crippen molar-refractivity contribution in [1.82, 2.24) is 0 Å². The van der Waals surface area contributed by atoms with Crippen molar-refractivity contribution in [2.24, 2.45) is 0 Å². The summed E-state index contributed by atoms with van der Waals surface area (Å²) >= 11 is 7.79. The van der Waals surface area contributed by atoms with E-state index < -0.39 is 6.10 Å². The summed E-state index contributed by atoms with van der Waals surface area (Å²) in [5.41, 5.74) is 0.431. The highest BCUT2D eigenvalue weighted by molar-refractivity contribution is 7.99. The summed E-state index contributed by atoms with van der Waals surface area (Å²) in [6.07, 6.45) is 6.20. The van der Waals surface area contributed by atoms with Crippen LogP contribution < -0.4 is 0 Å². The van der Waals surface area contributed by atoms with Crippen LogP contribution in [0.1, 0.15) is 37.7 Å². The maximum atomic E-state index is 13.6. The Bertz CT molecular complexity index is 387. The van der Waals surface area contributed by atoms with Gasteiger partial charge in [0, 0.05) is 28.0 Å². The first-order valence-electron chi connectivity index (χ1n) is 6.89. The molecule has 1 fully saturated rings. The average molecular weight is 303 g/mol. The van der Waals surface area contributed by atoms with Gasteiger partial charge in [-0.3, -0.25) is 0 Å². The Hall–Kier alpha value is -0.250. The summed E-state index contributed by atoms with van der Waals surface area (Å²) in [7, 11) is 0. The molecule has 1 saturated carbocycles. The summed E-state index contributed by atoms with van der Waals surface area (Å²) in [5, 5.41) is 11.1. The van der Waals surface area contributed by atoms with E-state index >= 15 is 0 Å². The fourth-order valence-electron chi connectivity index (χ4n) is 2.50. The van der Waals surface area contributed by atoms with Gasteiger partial charge in [-0.25, -0.2) is 4.39 Å². The lowest BCUT2D eigenvalue weighted by molar-refractivity contribution is 0.198. The van der Waals surface area contributed by atoms with Crippen molar-refractivity contribution < 1.29 is 9.50 Å². The maximum Gasteiger partial charge on any atom is 0.127 e. The molecule has 2 rings (SSSR count). The number of hydrogen-bond acceptors (Lipinski definition) is 2. The Labute approximate surface area is 123 Å². The van der Waals surface area contributed by atoms with Crippen LogP contribution in [-0.4, -0.2) is 22.2 Å². The van der Waals surface area contributed by atoms with Gasteiger partial charge in [0.1, 0.15) is 5.82 Å². The summed E-state index contributed by atoms with van der Waals surface area (Å²) in [6, 6.07) is 4.65. The van der Waals surface area contributed by atoms with Gasteiger partial charge in [-0.1, -0.05) is 36.9 Å². The van der Waals surface area contributed by atoms with Crippen molar-refractivity contribution in [3.05, 3.63) is 34.6 Å². The zero-order chi connectivity index (χ0) is 13.7. The molecule has 4 heteroatoms. The Morgan fingerprint density at radius 1 is 1.32 bits per heavy atom. The fourth-order valence-corrected chi connectivity index (χ4v) is 4.02. The van der Waals surface area contributed by atoms with Crippen LogP contribution in [0.2, 0.25) is 5.02 Å². The van der Waals surface area contributed by atoms with Gasteiger partial charge in [0.25, 0.3) is 0 Å². The predicted octanol–water partition coefficient (Wildman–Crippen LogP) is 4.45. The Kier molecular flexibility index (Phi) is 5.99. The van der Waals surface area contributed by atoms with Gasteiger partial charge >= 0.3 is 0 Å². The molecule has 0 spiro atoms. The van der Waals surface area contributed by atoms with Crippen molar-refractivity contribution >= 4 is 23.4 Å². The number of aliphatic hydroxyl groups excluding tert-OH is 1. The summed E-state index contributed by atoms with van der Waals surface area (Å²) < 4.78 is 13.6. The quantitative estimate of drug-likeness (QED) is 0.867. The summed E-state index contributed by atoms with van der Waals surface area (Å²) in [4.78, 5) is 0. The zero-order valence-corrected chi connectivity index (χ0v) is 12.5. The predicted molar refractivity (Wildman–Crippen MR) is 80.5 cm³/mol. The zero-order valence-electron chi connectivity index (χ0n) is 10.9. The monoisotopic (exact) mass is 302 g/mol. The third kappa shape index (κ3) is 4.66. The van der Waals surface area contributed by atoms with Crippen LogP contribution in [0.25, 0.3) is 0 Å². The third-order valence-electron chi connectivity index (χ3n) is 3.58. The second-order valence-electron chi connectivity index (χ2n) is 5.15. The van der Waals surface area contributed by atoms with Crippen LogP contribution in [0.5, 0.6) is 0 Å². The van der Waals surface area contributed by atoms with Crippen LogP contribution >= 0.6 is 23.4 Å². The van der Waals surface area contributed by atoms with Crippen LogP contribution in [-0.2, 0) is 6.42 Å². The van der Waals surface area contributed by atoms with Gasteiger partial charge in [-0.05, 0) is 25.0 Å². The molecule has 0 aromatic heterocycles. The minimum Gasteiger partial charge on any atom is -0.392 e. The topological polar surface area (TPSA) is 20.2 Å². The number of rotatable bonds is 5. The molecular weight excluding hydrogens is 283 g/mol. The number of benzene rings is 1. The second kappa shape index (κ2) is 7.51. The van der Waals surface area contributed by atoms with E-state index in [9.17, 15) is 9.50 Å². The number of hydrogen-bond donors (Lipinski definition) is 1. The highest BCUT2D eigenvalue weighted by Crippen LogP contribution is 2.29. The number of thioether (sulfide) groups is 1. The van der Waals surface area contributed by atoms with Crippen molar-refractivity contribution in [1.29, 1.82) is 0 Å². The first-order chi connectivity index (χ1) is 9.16. The minimum atomic E-state index is -0.527. The number of aliphatic hydroxyl groups is 1. The molecule has 1 unspecified atom stereocenters. The molecule has 1 aliphatic carbocycles. The van der Waals surface area contributed by atoms with E-state index in [4.69, 9.17) is 11.6 Å². The van der Waals surface area contributed by atoms with Crippen molar-refractivity contribution in [2.45, 2.75) is 49.9 Å². The Morgan fingerprint density at radius 3 is 2.74 bits per heavy atom. The lowest BCUT2D eigenvalue weighted by atomic mass is 10.0. The molecule has 1 aromatic rings. The molecule has 1 N–H and O–H groups in total. The van der Waals surface area contributed by atoms with Gasteiger partial charge < -0.3 is 5.11 Å². The van der Waals surface area contributed by atoms with Gasteiger partial charge in [0.15, 0.2) is 0 Å². The maximum absolute atomic E-state index is 13.6. The Balaban J connectivity index is 1.82. The van der Waals surface area contributed by atoms with E-state index in [1.807, 2.05) is 11.8 Å². The number of halogens is 2.